The second kappa shape index (κ2) is 10.1. The van der Waals surface area contributed by atoms with Crippen LogP contribution < -0.4 is 16.2 Å². The predicted molar refractivity (Wildman–Crippen MR) is 126 cm³/mol. The Kier molecular flexibility index (Phi) is 7.44. The number of benzene rings is 1. The van der Waals surface area contributed by atoms with Gasteiger partial charge in [-0.3, -0.25) is 9.59 Å². The fourth-order valence-corrected chi connectivity index (χ4v) is 4.01. The van der Waals surface area contributed by atoms with Gasteiger partial charge in [-0.25, -0.2) is 5.10 Å². The van der Waals surface area contributed by atoms with Crippen molar-refractivity contribution < 1.29 is 4.79 Å². The lowest BCUT2D eigenvalue weighted by molar-refractivity contribution is -0.124. The van der Waals surface area contributed by atoms with Crippen LogP contribution in [0.3, 0.4) is 0 Å². The monoisotopic (exact) mass is 422 g/mol. The summed E-state index contributed by atoms with van der Waals surface area (Å²) in [6.07, 6.45) is 5.47. The zero-order valence-electron chi connectivity index (χ0n) is 18.9. The molecule has 1 aliphatic carbocycles. The SMILES string of the molecule is C=C(C)CNCCCC(C)(C)C(=O)Nc1cccc(-c2n[nH]c(=O)c3c2CCCC3)c1. The van der Waals surface area contributed by atoms with Crippen molar-refractivity contribution in [1.82, 2.24) is 15.5 Å². The van der Waals surface area contributed by atoms with E-state index in [-0.39, 0.29) is 11.5 Å². The number of nitrogens with zero attached hydrogens (tertiary/aromatic N) is 1. The van der Waals surface area contributed by atoms with Gasteiger partial charge in [-0.2, -0.15) is 5.10 Å². The number of rotatable bonds is 9. The minimum Gasteiger partial charge on any atom is -0.326 e. The normalized spacial score (nSPS) is 13.5. The van der Waals surface area contributed by atoms with Crippen LogP contribution in [0.5, 0.6) is 0 Å². The first-order valence-corrected chi connectivity index (χ1v) is 11.2. The van der Waals surface area contributed by atoms with Gasteiger partial charge in [-0.1, -0.05) is 38.1 Å². The van der Waals surface area contributed by atoms with Gasteiger partial charge >= 0.3 is 0 Å². The Labute approximate surface area is 184 Å². The molecule has 166 valence electrons. The van der Waals surface area contributed by atoms with Gasteiger partial charge in [0.1, 0.15) is 0 Å². The number of anilines is 1. The number of fused-ring (bicyclic) bond motifs is 1. The van der Waals surface area contributed by atoms with Gasteiger partial charge in [0.15, 0.2) is 0 Å². The predicted octanol–water partition coefficient (Wildman–Crippen LogP) is 4.23. The molecule has 0 spiro atoms. The van der Waals surface area contributed by atoms with Gasteiger partial charge in [0, 0.05) is 28.8 Å². The lowest BCUT2D eigenvalue weighted by Gasteiger charge is -2.24. The summed E-state index contributed by atoms with van der Waals surface area (Å²) in [6, 6.07) is 7.73. The number of aromatic amines is 1. The third-order valence-electron chi connectivity index (χ3n) is 5.89. The zero-order chi connectivity index (χ0) is 22.4. The minimum absolute atomic E-state index is 0.000933. The van der Waals surface area contributed by atoms with Crippen LogP contribution in [0.15, 0.2) is 41.2 Å². The van der Waals surface area contributed by atoms with Crippen molar-refractivity contribution in [2.45, 2.75) is 59.3 Å². The molecule has 3 rings (SSSR count). The van der Waals surface area contributed by atoms with Gasteiger partial charge in [-0.05, 0) is 69.7 Å². The van der Waals surface area contributed by atoms with E-state index in [1.807, 2.05) is 45.0 Å². The van der Waals surface area contributed by atoms with Crippen molar-refractivity contribution in [3.8, 4) is 11.3 Å². The number of hydrogen-bond acceptors (Lipinski definition) is 4. The Morgan fingerprint density at radius 2 is 1.97 bits per heavy atom. The van der Waals surface area contributed by atoms with Gasteiger partial charge in [-0.15, -0.1) is 0 Å². The number of hydrogen-bond donors (Lipinski definition) is 3. The fourth-order valence-electron chi connectivity index (χ4n) is 4.01. The number of aromatic nitrogens is 2. The van der Waals surface area contributed by atoms with E-state index in [4.69, 9.17) is 0 Å². The zero-order valence-corrected chi connectivity index (χ0v) is 18.9. The molecule has 0 unspecified atom stereocenters. The van der Waals surface area contributed by atoms with Crippen LogP contribution in [0.25, 0.3) is 11.3 Å². The summed E-state index contributed by atoms with van der Waals surface area (Å²) in [4.78, 5) is 25.1. The first-order chi connectivity index (χ1) is 14.8. The van der Waals surface area contributed by atoms with E-state index in [9.17, 15) is 9.59 Å². The van der Waals surface area contributed by atoms with E-state index in [1.165, 1.54) is 0 Å². The Morgan fingerprint density at radius 3 is 2.71 bits per heavy atom. The maximum atomic E-state index is 12.9. The summed E-state index contributed by atoms with van der Waals surface area (Å²) in [7, 11) is 0. The Balaban J connectivity index is 1.69. The van der Waals surface area contributed by atoms with E-state index in [0.717, 1.165) is 85.3 Å². The van der Waals surface area contributed by atoms with Crippen molar-refractivity contribution >= 4 is 11.6 Å². The Morgan fingerprint density at radius 1 is 1.23 bits per heavy atom. The molecule has 0 bridgehead atoms. The molecule has 0 atom stereocenters. The number of H-pyrrole nitrogens is 1. The molecule has 1 amide bonds. The summed E-state index contributed by atoms with van der Waals surface area (Å²) in [6.45, 7) is 11.5. The number of carbonyl (C=O) groups is 1. The number of amides is 1. The average molecular weight is 423 g/mol. The smallest absolute Gasteiger partial charge is 0.267 e. The highest BCUT2D eigenvalue weighted by Gasteiger charge is 2.27. The maximum Gasteiger partial charge on any atom is 0.267 e. The van der Waals surface area contributed by atoms with Crippen LogP contribution in [-0.2, 0) is 17.6 Å². The molecular weight excluding hydrogens is 388 g/mol. The minimum atomic E-state index is -0.476. The Hall–Kier alpha value is -2.73. The highest BCUT2D eigenvalue weighted by atomic mass is 16.2. The standard InChI is InChI=1S/C25H34N4O2/c1-17(2)16-26-14-8-13-25(3,4)24(31)27-19-10-7-9-18(15-19)22-20-11-5-6-12-21(20)23(30)29-28-22/h7,9-10,15,26H,1,5-6,8,11-14,16H2,2-4H3,(H,27,31)(H,29,30). The molecule has 6 nitrogen and oxygen atoms in total. The van der Waals surface area contributed by atoms with E-state index >= 15 is 0 Å². The molecule has 1 aromatic heterocycles. The second-order valence-corrected chi connectivity index (χ2v) is 9.22. The first-order valence-electron chi connectivity index (χ1n) is 11.2. The highest BCUT2D eigenvalue weighted by molar-refractivity contribution is 5.95. The van der Waals surface area contributed by atoms with Crippen molar-refractivity contribution in [2.24, 2.45) is 5.41 Å². The van der Waals surface area contributed by atoms with E-state index < -0.39 is 5.41 Å². The molecule has 0 saturated heterocycles. The second-order valence-electron chi connectivity index (χ2n) is 9.22. The largest absolute Gasteiger partial charge is 0.326 e. The van der Waals surface area contributed by atoms with E-state index in [2.05, 4.69) is 27.4 Å². The van der Waals surface area contributed by atoms with E-state index in [0.29, 0.717) is 0 Å². The van der Waals surface area contributed by atoms with Gasteiger partial charge in [0.05, 0.1) is 5.69 Å². The van der Waals surface area contributed by atoms with Crippen molar-refractivity contribution in [2.75, 3.05) is 18.4 Å². The molecule has 1 heterocycles. The van der Waals surface area contributed by atoms with Gasteiger partial charge in [0.25, 0.3) is 5.56 Å². The molecule has 0 radical (unpaired) electrons. The van der Waals surface area contributed by atoms with Crippen molar-refractivity contribution in [3.05, 3.63) is 57.9 Å². The molecule has 31 heavy (non-hydrogen) atoms. The van der Waals surface area contributed by atoms with Crippen LogP contribution in [0.1, 0.15) is 57.6 Å². The van der Waals surface area contributed by atoms with Crippen LogP contribution in [0.4, 0.5) is 5.69 Å². The molecule has 0 aliphatic heterocycles. The van der Waals surface area contributed by atoms with Gasteiger partial charge in [0.2, 0.25) is 5.91 Å². The number of nitrogens with one attached hydrogen (secondary N) is 3. The lowest BCUT2D eigenvalue weighted by atomic mass is 9.86. The molecule has 2 aromatic rings. The van der Waals surface area contributed by atoms with E-state index in [1.54, 1.807) is 0 Å². The average Bonchev–Trinajstić information content (AvgIpc) is 2.74. The Bertz CT molecular complexity index is 1010. The highest BCUT2D eigenvalue weighted by Crippen LogP contribution is 2.30. The summed E-state index contributed by atoms with van der Waals surface area (Å²) in [5.74, 6) is 0.000933. The molecule has 0 fully saturated rings. The third kappa shape index (κ3) is 5.91. The summed E-state index contributed by atoms with van der Waals surface area (Å²) < 4.78 is 0. The summed E-state index contributed by atoms with van der Waals surface area (Å²) in [5.41, 5.74) is 4.91. The van der Waals surface area contributed by atoms with Crippen LogP contribution in [-0.4, -0.2) is 29.2 Å². The molecule has 6 heteroatoms. The molecule has 0 saturated carbocycles. The molecule has 3 N–H and O–H groups in total. The maximum absolute atomic E-state index is 12.9. The summed E-state index contributed by atoms with van der Waals surface area (Å²) >= 11 is 0. The lowest BCUT2D eigenvalue weighted by Crippen LogP contribution is -2.31. The topological polar surface area (TPSA) is 86.9 Å². The summed E-state index contributed by atoms with van der Waals surface area (Å²) in [5, 5.41) is 13.4. The van der Waals surface area contributed by atoms with Gasteiger partial charge < -0.3 is 10.6 Å². The molecular formula is C25H34N4O2. The molecule has 1 aliphatic rings. The fraction of sp³-hybridized carbons (Fsp3) is 0.480. The third-order valence-corrected chi connectivity index (χ3v) is 5.89. The van der Waals surface area contributed by atoms with Crippen LogP contribution in [0, 0.1) is 5.41 Å². The van der Waals surface area contributed by atoms with Crippen molar-refractivity contribution in [3.63, 3.8) is 0 Å². The molecule has 1 aromatic carbocycles. The quantitative estimate of drug-likeness (QED) is 0.417. The van der Waals surface area contributed by atoms with Crippen LogP contribution >= 0.6 is 0 Å². The van der Waals surface area contributed by atoms with Crippen molar-refractivity contribution in [1.29, 1.82) is 0 Å². The first kappa shape index (κ1) is 22.9. The van der Waals surface area contributed by atoms with Crippen LogP contribution in [0.2, 0.25) is 0 Å². The number of carbonyl (C=O) groups excluding carboxylic acids is 1.